The molecule has 2 amide bonds. The highest BCUT2D eigenvalue weighted by Gasteiger charge is 2.36. The molecule has 1 saturated heterocycles. The van der Waals surface area contributed by atoms with Crippen molar-refractivity contribution in [3.63, 3.8) is 0 Å². The molecule has 148 valence electrons. The van der Waals surface area contributed by atoms with Gasteiger partial charge in [0.15, 0.2) is 0 Å². The topological polar surface area (TPSA) is 101 Å². The molecule has 1 aromatic rings. The van der Waals surface area contributed by atoms with Crippen LogP contribution in [0.3, 0.4) is 0 Å². The molecule has 2 aliphatic rings. The maximum Gasteiger partial charge on any atom is 0.253 e. The van der Waals surface area contributed by atoms with Crippen LogP contribution < -0.4 is 5.14 Å². The first kappa shape index (κ1) is 19.8. The van der Waals surface area contributed by atoms with E-state index in [2.05, 4.69) is 13.8 Å². The summed E-state index contributed by atoms with van der Waals surface area (Å²) in [6.45, 7) is 5.80. The summed E-state index contributed by atoms with van der Waals surface area (Å²) in [6.07, 6.45) is 2.66. The van der Waals surface area contributed by atoms with Crippen molar-refractivity contribution in [2.24, 2.45) is 17.0 Å². The molecule has 8 heteroatoms. The highest BCUT2D eigenvalue weighted by atomic mass is 32.2. The van der Waals surface area contributed by atoms with Gasteiger partial charge in [0.05, 0.1) is 10.9 Å². The van der Waals surface area contributed by atoms with E-state index in [0.717, 1.165) is 6.54 Å². The summed E-state index contributed by atoms with van der Waals surface area (Å²) in [5.74, 6) is 0.761. The number of amides is 2. The predicted octanol–water partition coefficient (Wildman–Crippen LogP) is 1.44. The fraction of sp³-hybridized carbons (Fsp3) is 0.579. The second-order valence-corrected chi connectivity index (χ2v) is 9.43. The number of hydrogen-bond acceptors (Lipinski definition) is 4. The van der Waals surface area contributed by atoms with Gasteiger partial charge in [0.25, 0.3) is 5.91 Å². The summed E-state index contributed by atoms with van der Waals surface area (Å²) < 4.78 is 22.8. The van der Waals surface area contributed by atoms with Gasteiger partial charge in [-0.25, -0.2) is 13.6 Å². The summed E-state index contributed by atoms with van der Waals surface area (Å²) >= 11 is 0. The summed E-state index contributed by atoms with van der Waals surface area (Å²) in [4.78, 5) is 29.3. The number of sulfonamides is 1. The first-order valence-corrected chi connectivity index (χ1v) is 10.9. The Balaban J connectivity index is 1.79. The second kappa shape index (κ2) is 7.59. The number of carbonyl (C=O) groups is 2. The average Bonchev–Trinajstić information content (AvgIpc) is 3.43. The van der Waals surface area contributed by atoms with Crippen LogP contribution in [0.25, 0.3) is 0 Å². The molecule has 2 N–H and O–H groups in total. The zero-order valence-electron chi connectivity index (χ0n) is 15.8. The van der Waals surface area contributed by atoms with E-state index in [-0.39, 0.29) is 28.7 Å². The van der Waals surface area contributed by atoms with Gasteiger partial charge in [-0.05, 0) is 48.9 Å². The monoisotopic (exact) mass is 393 g/mol. The normalized spacial score (nSPS) is 21.5. The zero-order valence-corrected chi connectivity index (χ0v) is 16.6. The van der Waals surface area contributed by atoms with Crippen molar-refractivity contribution in [1.82, 2.24) is 9.80 Å². The molecule has 1 aliphatic carbocycles. The van der Waals surface area contributed by atoms with Crippen molar-refractivity contribution in [3.05, 3.63) is 29.8 Å². The van der Waals surface area contributed by atoms with Gasteiger partial charge in [0, 0.05) is 31.6 Å². The molecule has 0 aromatic heterocycles. The minimum Gasteiger partial charge on any atom is -0.337 e. The molecular formula is C19H27N3O4S. The molecule has 1 aliphatic heterocycles. The van der Waals surface area contributed by atoms with Crippen molar-refractivity contribution in [1.29, 1.82) is 0 Å². The number of hydrogen-bond donors (Lipinski definition) is 1. The van der Waals surface area contributed by atoms with Gasteiger partial charge >= 0.3 is 0 Å². The third kappa shape index (κ3) is 4.68. The van der Waals surface area contributed by atoms with Crippen molar-refractivity contribution < 1.29 is 18.0 Å². The molecule has 3 rings (SSSR count). The van der Waals surface area contributed by atoms with Gasteiger partial charge in [0.1, 0.15) is 0 Å². The van der Waals surface area contributed by atoms with Crippen molar-refractivity contribution >= 4 is 21.8 Å². The van der Waals surface area contributed by atoms with E-state index < -0.39 is 10.0 Å². The second-order valence-electron chi connectivity index (χ2n) is 7.87. The first-order valence-electron chi connectivity index (χ1n) is 9.38. The quantitative estimate of drug-likeness (QED) is 0.818. The van der Waals surface area contributed by atoms with Crippen molar-refractivity contribution in [2.75, 3.05) is 19.6 Å². The fourth-order valence-corrected chi connectivity index (χ4v) is 4.03. The van der Waals surface area contributed by atoms with Gasteiger partial charge < -0.3 is 9.80 Å². The lowest BCUT2D eigenvalue weighted by Crippen LogP contribution is -2.48. The lowest BCUT2D eigenvalue weighted by molar-refractivity contribution is -0.133. The van der Waals surface area contributed by atoms with E-state index in [1.54, 1.807) is 4.90 Å². The fourth-order valence-electron chi connectivity index (χ4n) is 3.52. The number of carbonyl (C=O) groups excluding carboxylic acids is 2. The molecular weight excluding hydrogens is 366 g/mol. The molecule has 0 radical (unpaired) electrons. The van der Waals surface area contributed by atoms with E-state index >= 15 is 0 Å². The summed E-state index contributed by atoms with van der Waals surface area (Å²) in [5, 5.41) is 5.11. The van der Waals surface area contributed by atoms with Crippen molar-refractivity contribution in [2.45, 2.75) is 44.0 Å². The lowest BCUT2D eigenvalue weighted by Gasteiger charge is -2.34. The number of benzene rings is 1. The van der Waals surface area contributed by atoms with E-state index in [9.17, 15) is 18.0 Å². The largest absolute Gasteiger partial charge is 0.337 e. The Morgan fingerprint density at radius 2 is 1.85 bits per heavy atom. The number of nitrogens with two attached hydrogens (primary N) is 1. The van der Waals surface area contributed by atoms with E-state index in [0.29, 0.717) is 31.0 Å². The highest BCUT2D eigenvalue weighted by molar-refractivity contribution is 7.89. The zero-order chi connectivity index (χ0) is 19.8. The predicted molar refractivity (Wildman–Crippen MR) is 101 cm³/mol. The number of primary sulfonamides is 1. The molecule has 0 bridgehead atoms. The summed E-state index contributed by atoms with van der Waals surface area (Å²) in [6, 6.07) is 5.62. The Kier molecular flexibility index (Phi) is 5.58. The summed E-state index contributed by atoms with van der Waals surface area (Å²) in [5.41, 5.74) is 0.396. The Labute approximate surface area is 160 Å². The summed E-state index contributed by atoms with van der Waals surface area (Å²) in [7, 11) is -3.79. The standard InChI is InChI=1S/C19H27N3O4S/c1-13(2)17-12-21(10-9-18(23)22(17)11-14-3-4-14)19(24)15-5-7-16(8-6-15)27(20,25)26/h5-8,13-14,17H,3-4,9-12H2,1-2H3,(H2,20,25,26). The molecule has 1 heterocycles. The van der Waals surface area contributed by atoms with Crippen LogP contribution in [0.5, 0.6) is 0 Å². The third-order valence-corrected chi connectivity index (χ3v) is 6.29. The molecule has 1 unspecified atom stereocenters. The molecule has 1 aromatic carbocycles. The van der Waals surface area contributed by atoms with Crippen LogP contribution in [0.4, 0.5) is 0 Å². The number of nitrogens with zero attached hydrogens (tertiary/aromatic N) is 2. The molecule has 1 saturated carbocycles. The smallest absolute Gasteiger partial charge is 0.253 e. The molecule has 7 nitrogen and oxygen atoms in total. The Hall–Kier alpha value is -1.93. The van der Waals surface area contributed by atoms with Crippen LogP contribution in [-0.2, 0) is 14.8 Å². The van der Waals surface area contributed by atoms with Gasteiger partial charge in [-0.3, -0.25) is 9.59 Å². The van der Waals surface area contributed by atoms with Gasteiger partial charge in [-0.15, -0.1) is 0 Å². The van der Waals surface area contributed by atoms with Crippen LogP contribution >= 0.6 is 0 Å². The molecule has 2 fully saturated rings. The third-order valence-electron chi connectivity index (χ3n) is 5.36. The SMILES string of the molecule is CC(C)C1CN(C(=O)c2ccc(S(N)(=O)=O)cc2)CCC(=O)N1CC1CC1. The molecule has 27 heavy (non-hydrogen) atoms. The van der Waals surface area contributed by atoms with Gasteiger partial charge in [0.2, 0.25) is 15.9 Å². The van der Waals surface area contributed by atoms with E-state index in [1.165, 1.54) is 37.1 Å². The van der Waals surface area contributed by atoms with Crippen LogP contribution in [0.15, 0.2) is 29.2 Å². The van der Waals surface area contributed by atoms with Crippen molar-refractivity contribution in [3.8, 4) is 0 Å². The first-order chi connectivity index (χ1) is 12.7. The van der Waals surface area contributed by atoms with Gasteiger partial charge in [-0.1, -0.05) is 13.8 Å². The van der Waals surface area contributed by atoms with Gasteiger partial charge in [-0.2, -0.15) is 0 Å². The minimum atomic E-state index is -3.79. The van der Waals surface area contributed by atoms with E-state index in [4.69, 9.17) is 5.14 Å². The maximum atomic E-state index is 12.9. The lowest BCUT2D eigenvalue weighted by atomic mass is 10.0. The van der Waals surface area contributed by atoms with E-state index in [1.807, 2.05) is 4.90 Å². The Bertz CT molecular complexity index is 816. The Morgan fingerprint density at radius 1 is 1.22 bits per heavy atom. The van der Waals surface area contributed by atoms with Crippen LogP contribution in [0, 0.1) is 11.8 Å². The Morgan fingerprint density at radius 3 is 2.37 bits per heavy atom. The highest BCUT2D eigenvalue weighted by Crippen LogP contribution is 2.32. The minimum absolute atomic E-state index is 0.00626. The van der Waals surface area contributed by atoms with Crippen LogP contribution in [0.2, 0.25) is 0 Å². The maximum absolute atomic E-state index is 12.9. The molecule has 1 atom stereocenters. The molecule has 0 spiro atoms. The van der Waals surface area contributed by atoms with Crippen LogP contribution in [0.1, 0.15) is 43.5 Å². The number of rotatable bonds is 5. The average molecular weight is 394 g/mol. The van der Waals surface area contributed by atoms with Crippen LogP contribution in [-0.4, -0.2) is 55.7 Å².